The standard InChI is InChI=1S/C13H22N2O/c1-9(2)12(16)10-7-15(6)8-11(10)13(3,4)14-5/h7-9,14H,1-6H3. The molecule has 90 valence electrons. The first-order valence-corrected chi connectivity index (χ1v) is 5.69. The second-order valence-corrected chi connectivity index (χ2v) is 5.14. The molecule has 0 atom stereocenters. The van der Waals surface area contributed by atoms with Crippen molar-refractivity contribution >= 4 is 5.78 Å². The molecular weight excluding hydrogens is 200 g/mol. The highest BCUT2D eigenvalue weighted by atomic mass is 16.1. The van der Waals surface area contributed by atoms with E-state index in [9.17, 15) is 4.79 Å². The van der Waals surface area contributed by atoms with Gasteiger partial charge in [-0.2, -0.15) is 0 Å². The smallest absolute Gasteiger partial charge is 0.167 e. The van der Waals surface area contributed by atoms with Gasteiger partial charge in [0.25, 0.3) is 0 Å². The van der Waals surface area contributed by atoms with Gasteiger partial charge in [0.05, 0.1) is 0 Å². The second-order valence-electron chi connectivity index (χ2n) is 5.14. The van der Waals surface area contributed by atoms with Crippen LogP contribution in [0.4, 0.5) is 0 Å². The zero-order chi connectivity index (χ0) is 12.5. The lowest BCUT2D eigenvalue weighted by Gasteiger charge is -2.24. The Kier molecular flexibility index (Phi) is 3.58. The number of nitrogens with one attached hydrogen (secondary N) is 1. The first-order chi connectivity index (χ1) is 7.29. The normalized spacial score (nSPS) is 12.2. The third-order valence-electron chi connectivity index (χ3n) is 3.04. The Morgan fingerprint density at radius 3 is 2.38 bits per heavy atom. The molecule has 0 spiro atoms. The molecule has 0 bridgehead atoms. The molecule has 0 fully saturated rings. The third-order valence-corrected chi connectivity index (χ3v) is 3.04. The lowest BCUT2D eigenvalue weighted by Crippen LogP contribution is -2.34. The Morgan fingerprint density at radius 2 is 1.94 bits per heavy atom. The summed E-state index contributed by atoms with van der Waals surface area (Å²) in [5.74, 6) is 0.243. The van der Waals surface area contributed by atoms with Crippen LogP contribution in [0.25, 0.3) is 0 Å². The number of Topliss-reactive ketones (excluding diaryl/α,β-unsaturated/α-hetero) is 1. The van der Waals surface area contributed by atoms with Gasteiger partial charge in [-0.25, -0.2) is 0 Å². The van der Waals surface area contributed by atoms with Crippen LogP contribution in [0.1, 0.15) is 43.6 Å². The van der Waals surface area contributed by atoms with Gasteiger partial charge in [-0.3, -0.25) is 4.79 Å². The van der Waals surface area contributed by atoms with Gasteiger partial charge in [0.2, 0.25) is 0 Å². The molecule has 0 amide bonds. The highest BCUT2D eigenvalue weighted by Gasteiger charge is 2.26. The van der Waals surface area contributed by atoms with Crippen molar-refractivity contribution in [2.45, 2.75) is 33.2 Å². The van der Waals surface area contributed by atoms with Gasteiger partial charge in [-0.1, -0.05) is 13.8 Å². The highest BCUT2D eigenvalue weighted by Crippen LogP contribution is 2.26. The van der Waals surface area contributed by atoms with Crippen molar-refractivity contribution in [1.82, 2.24) is 9.88 Å². The van der Waals surface area contributed by atoms with E-state index in [1.807, 2.05) is 44.9 Å². The molecule has 1 rings (SSSR count). The van der Waals surface area contributed by atoms with E-state index < -0.39 is 0 Å². The van der Waals surface area contributed by atoms with Crippen LogP contribution in [-0.4, -0.2) is 17.4 Å². The number of hydrogen-bond donors (Lipinski definition) is 1. The van der Waals surface area contributed by atoms with Crippen molar-refractivity contribution in [2.75, 3.05) is 7.05 Å². The van der Waals surface area contributed by atoms with Gasteiger partial charge in [0.1, 0.15) is 0 Å². The molecule has 0 unspecified atom stereocenters. The molecule has 0 saturated heterocycles. The molecule has 16 heavy (non-hydrogen) atoms. The Balaban J connectivity index is 3.25. The Morgan fingerprint density at radius 1 is 1.38 bits per heavy atom. The fourth-order valence-corrected chi connectivity index (χ4v) is 1.72. The zero-order valence-corrected chi connectivity index (χ0v) is 11.1. The van der Waals surface area contributed by atoms with Crippen LogP contribution in [-0.2, 0) is 12.6 Å². The van der Waals surface area contributed by atoms with Crippen LogP contribution in [0.3, 0.4) is 0 Å². The molecule has 3 nitrogen and oxygen atoms in total. The SMILES string of the molecule is CNC(C)(C)c1cn(C)cc1C(=O)C(C)C. The van der Waals surface area contributed by atoms with Crippen LogP contribution in [0, 0.1) is 5.92 Å². The molecular formula is C13H22N2O. The van der Waals surface area contributed by atoms with Crippen molar-refractivity contribution in [3.05, 3.63) is 23.5 Å². The number of carbonyl (C=O) groups excluding carboxylic acids is 1. The number of aryl methyl sites for hydroxylation is 1. The average Bonchev–Trinajstić information content (AvgIpc) is 2.59. The quantitative estimate of drug-likeness (QED) is 0.793. The van der Waals surface area contributed by atoms with Crippen molar-refractivity contribution in [3.63, 3.8) is 0 Å². The summed E-state index contributed by atoms with van der Waals surface area (Å²) in [4.78, 5) is 12.1. The fourth-order valence-electron chi connectivity index (χ4n) is 1.72. The van der Waals surface area contributed by atoms with E-state index in [0.29, 0.717) is 0 Å². The molecule has 3 heteroatoms. The van der Waals surface area contributed by atoms with Gasteiger partial charge in [0, 0.05) is 36.5 Å². The molecule has 0 aliphatic carbocycles. The van der Waals surface area contributed by atoms with Crippen LogP contribution < -0.4 is 5.32 Å². The molecule has 0 radical (unpaired) electrons. The van der Waals surface area contributed by atoms with E-state index in [1.165, 1.54) is 0 Å². The molecule has 0 aliphatic heterocycles. The van der Waals surface area contributed by atoms with Gasteiger partial charge >= 0.3 is 0 Å². The molecule has 1 N–H and O–H groups in total. The number of hydrogen-bond acceptors (Lipinski definition) is 2. The minimum atomic E-state index is -0.179. The number of aromatic nitrogens is 1. The van der Waals surface area contributed by atoms with Gasteiger partial charge in [-0.05, 0) is 26.5 Å². The van der Waals surface area contributed by atoms with Crippen molar-refractivity contribution in [1.29, 1.82) is 0 Å². The molecule has 1 aromatic rings. The van der Waals surface area contributed by atoms with Crippen LogP contribution in [0.15, 0.2) is 12.4 Å². The first-order valence-electron chi connectivity index (χ1n) is 5.69. The summed E-state index contributed by atoms with van der Waals surface area (Å²) in [6.45, 7) is 8.04. The number of rotatable bonds is 4. The second kappa shape index (κ2) is 4.42. The number of nitrogens with zero attached hydrogens (tertiary/aromatic N) is 1. The van der Waals surface area contributed by atoms with E-state index in [2.05, 4.69) is 19.2 Å². The number of carbonyl (C=O) groups is 1. The largest absolute Gasteiger partial charge is 0.356 e. The third kappa shape index (κ3) is 2.35. The molecule has 1 heterocycles. The van der Waals surface area contributed by atoms with Crippen molar-refractivity contribution in [2.24, 2.45) is 13.0 Å². The predicted molar refractivity (Wildman–Crippen MR) is 66.7 cm³/mol. The minimum Gasteiger partial charge on any atom is -0.356 e. The average molecular weight is 222 g/mol. The predicted octanol–water partition coefficient (Wildman–Crippen LogP) is 2.32. The summed E-state index contributed by atoms with van der Waals surface area (Å²) < 4.78 is 1.95. The van der Waals surface area contributed by atoms with E-state index in [-0.39, 0.29) is 17.2 Å². The first kappa shape index (κ1) is 13.0. The summed E-state index contributed by atoms with van der Waals surface area (Å²) in [7, 11) is 3.86. The van der Waals surface area contributed by atoms with E-state index in [0.717, 1.165) is 11.1 Å². The molecule has 0 aromatic carbocycles. The maximum absolute atomic E-state index is 12.1. The van der Waals surface area contributed by atoms with E-state index in [4.69, 9.17) is 0 Å². The highest BCUT2D eigenvalue weighted by molar-refractivity contribution is 5.99. The Hall–Kier alpha value is -1.09. The van der Waals surface area contributed by atoms with Crippen molar-refractivity contribution < 1.29 is 4.79 Å². The van der Waals surface area contributed by atoms with E-state index >= 15 is 0 Å². The monoisotopic (exact) mass is 222 g/mol. The maximum atomic E-state index is 12.1. The van der Waals surface area contributed by atoms with Crippen LogP contribution in [0.2, 0.25) is 0 Å². The maximum Gasteiger partial charge on any atom is 0.167 e. The summed E-state index contributed by atoms with van der Waals surface area (Å²) in [6.07, 6.45) is 3.93. The molecule has 0 saturated carbocycles. The molecule has 1 aromatic heterocycles. The van der Waals surface area contributed by atoms with Gasteiger partial charge in [-0.15, -0.1) is 0 Å². The van der Waals surface area contributed by atoms with Gasteiger partial charge < -0.3 is 9.88 Å². The summed E-state index contributed by atoms with van der Waals surface area (Å²) >= 11 is 0. The van der Waals surface area contributed by atoms with Crippen LogP contribution in [0.5, 0.6) is 0 Å². The zero-order valence-electron chi connectivity index (χ0n) is 11.1. The molecule has 0 aliphatic rings. The van der Waals surface area contributed by atoms with Gasteiger partial charge in [0.15, 0.2) is 5.78 Å². The Bertz CT molecular complexity index is 389. The number of ketones is 1. The minimum absolute atomic E-state index is 0.0359. The summed E-state index contributed by atoms with van der Waals surface area (Å²) in [5, 5.41) is 3.24. The van der Waals surface area contributed by atoms with Crippen LogP contribution >= 0.6 is 0 Å². The summed E-state index contributed by atoms with van der Waals surface area (Å²) in [6, 6.07) is 0. The van der Waals surface area contributed by atoms with E-state index in [1.54, 1.807) is 0 Å². The fraction of sp³-hybridized carbons (Fsp3) is 0.615. The summed E-state index contributed by atoms with van der Waals surface area (Å²) in [5.41, 5.74) is 1.72. The van der Waals surface area contributed by atoms with Crippen molar-refractivity contribution in [3.8, 4) is 0 Å². The Labute approximate surface area is 97.8 Å². The lowest BCUT2D eigenvalue weighted by molar-refractivity contribution is 0.0937. The topological polar surface area (TPSA) is 34.0 Å². The lowest BCUT2D eigenvalue weighted by atomic mass is 9.89.